The molecule has 20 heteroatoms. The smallest absolute Gasteiger partial charge is 0.187 e. The molecule has 0 aromatic carbocycles. The molecule has 4 rings (SSSR count). The first-order valence-electron chi connectivity index (χ1n) is 14.0. The standard InChI is InChI=1S/C24H42O20/c1-5-9(28)10(29)15(34)22(38-5)42-19-7(3-26)40-24(16(35)12(19)31)44-20-8(4-27)41-23(17(36)13(20)32)43-18-6(2-25)39-21(37)14(33)11(18)30/h5-37H,2-4H2,1H3/t5-,6-,7-,8-,9-,10+,11-,12-,13-,14-,15-,16-,17-,18-,19-,20-,21?,22-,23-,24-/m1/s1. The van der Waals surface area contributed by atoms with Crippen molar-refractivity contribution in [3.63, 3.8) is 0 Å². The number of hydrogen-bond donors (Lipinski definition) is 13. The van der Waals surface area contributed by atoms with Gasteiger partial charge in [-0.25, -0.2) is 0 Å². The second-order valence-corrected chi connectivity index (χ2v) is 11.1. The maximum atomic E-state index is 10.9. The SMILES string of the molecule is C[C@H]1O[C@H](O[C@H]2[C@H](O)[C@@H](O)[C@@H](O[C@H]3[C@H](O)[C@@H](O)[C@@H](O[C@H]4[C@H](O)[C@@H](O)C(O)O[C@@H]4CO)O[C@@H]3CO)O[C@@H]2CO)[C@H](O)[C@@H](O)[C@@H]1O. The number of rotatable bonds is 9. The van der Waals surface area contributed by atoms with Crippen LogP contribution in [0.4, 0.5) is 0 Å². The molecule has 4 aliphatic rings. The van der Waals surface area contributed by atoms with Crippen LogP contribution in [0.2, 0.25) is 0 Å². The van der Waals surface area contributed by atoms with Gasteiger partial charge < -0.3 is 99.5 Å². The third-order valence-corrected chi connectivity index (χ3v) is 8.16. The van der Waals surface area contributed by atoms with E-state index in [0.717, 1.165) is 0 Å². The molecule has 20 nitrogen and oxygen atoms in total. The highest BCUT2D eigenvalue weighted by atomic mass is 16.8. The largest absolute Gasteiger partial charge is 0.394 e. The minimum Gasteiger partial charge on any atom is -0.394 e. The Hall–Kier alpha value is -0.800. The molecule has 0 amide bonds. The first-order chi connectivity index (χ1) is 20.7. The molecule has 0 radical (unpaired) electrons. The molecule has 0 spiro atoms. The lowest BCUT2D eigenvalue weighted by molar-refractivity contribution is -0.387. The Morgan fingerprint density at radius 3 is 1.16 bits per heavy atom. The van der Waals surface area contributed by atoms with Gasteiger partial charge in [0.2, 0.25) is 0 Å². The molecule has 4 fully saturated rings. The van der Waals surface area contributed by atoms with Crippen molar-refractivity contribution < 1.29 is 99.5 Å². The fourth-order valence-electron chi connectivity index (χ4n) is 5.49. The maximum absolute atomic E-state index is 10.9. The number of aliphatic hydroxyl groups is 13. The molecule has 1 unspecified atom stereocenters. The molecule has 20 atom stereocenters. The average Bonchev–Trinajstić information content (AvgIpc) is 3.01. The van der Waals surface area contributed by atoms with Crippen molar-refractivity contribution in [1.82, 2.24) is 0 Å². The quantitative estimate of drug-likeness (QED) is 0.110. The lowest BCUT2D eigenvalue weighted by Crippen LogP contribution is -2.67. The minimum absolute atomic E-state index is 0.796. The van der Waals surface area contributed by atoms with Crippen molar-refractivity contribution in [2.24, 2.45) is 0 Å². The first kappa shape index (κ1) is 36.0. The Balaban J connectivity index is 1.43. The van der Waals surface area contributed by atoms with Crippen LogP contribution >= 0.6 is 0 Å². The molecule has 0 aliphatic carbocycles. The summed E-state index contributed by atoms with van der Waals surface area (Å²) < 4.78 is 37.9. The van der Waals surface area contributed by atoms with Crippen molar-refractivity contribution in [1.29, 1.82) is 0 Å². The zero-order valence-corrected chi connectivity index (χ0v) is 23.3. The highest BCUT2D eigenvalue weighted by molar-refractivity contribution is 4.97. The van der Waals surface area contributed by atoms with Crippen molar-refractivity contribution in [3.8, 4) is 0 Å². The third-order valence-electron chi connectivity index (χ3n) is 8.16. The summed E-state index contributed by atoms with van der Waals surface area (Å²) in [4.78, 5) is 0. The molecule has 13 N–H and O–H groups in total. The van der Waals surface area contributed by atoms with E-state index in [4.69, 9.17) is 33.2 Å². The molecule has 44 heavy (non-hydrogen) atoms. The number of ether oxygens (including phenoxy) is 7. The second kappa shape index (κ2) is 15.0. The van der Waals surface area contributed by atoms with E-state index in [1.54, 1.807) is 0 Å². The minimum atomic E-state index is -1.98. The molecule has 258 valence electrons. The van der Waals surface area contributed by atoms with E-state index in [1.165, 1.54) is 6.92 Å². The molecule has 0 saturated carbocycles. The van der Waals surface area contributed by atoms with Gasteiger partial charge in [-0.15, -0.1) is 0 Å². The molecule has 4 heterocycles. The third kappa shape index (κ3) is 7.05. The van der Waals surface area contributed by atoms with Gasteiger partial charge in [0.05, 0.1) is 25.9 Å². The Kier molecular flexibility index (Phi) is 12.3. The lowest BCUT2D eigenvalue weighted by Gasteiger charge is -2.48. The molecule has 0 aromatic heterocycles. The Bertz CT molecular complexity index is 896. The zero-order chi connectivity index (χ0) is 32.6. The van der Waals surface area contributed by atoms with E-state index in [2.05, 4.69) is 0 Å². The summed E-state index contributed by atoms with van der Waals surface area (Å²) in [6.07, 6.45) is -33.8. The van der Waals surface area contributed by atoms with Crippen LogP contribution in [0.1, 0.15) is 6.92 Å². The van der Waals surface area contributed by atoms with Gasteiger partial charge in [0.1, 0.15) is 91.6 Å². The van der Waals surface area contributed by atoms with Crippen LogP contribution in [0.3, 0.4) is 0 Å². The highest BCUT2D eigenvalue weighted by Crippen LogP contribution is 2.34. The van der Waals surface area contributed by atoms with Crippen molar-refractivity contribution in [2.45, 2.75) is 130 Å². The molecule has 4 saturated heterocycles. The second-order valence-electron chi connectivity index (χ2n) is 11.1. The summed E-state index contributed by atoms with van der Waals surface area (Å²) >= 11 is 0. The first-order valence-corrected chi connectivity index (χ1v) is 14.0. The van der Waals surface area contributed by atoms with Gasteiger partial charge >= 0.3 is 0 Å². The van der Waals surface area contributed by atoms with Crippen LogP contribution in [0.5, 0.6) is 0 Å². The Morgan fingerprint density at radius 2 is 0.750 bits per heavy atom. The normalized spacial score (nSPS) is 53.9. The average molecular weight is 651 g/mol. The molecule has 0 bridgehead atoms. The van der Waals surface area contributed by atoms with Gasteiger partial charge in [-0.3, -0.25) is 0 Å². The van der Waals surface area contributed by atoms with E-state index in [9.17, 15) is 66.4 Å². The molecular formula is C24H42O20. The lowest BCUT2D eigenvalue weighted by atomic mass is 9.95. The van der Waals surface area contributed by atoms with Crippen LogP contribution in [-0.4, -0.2) is 209 Å². The topological polar surface area (TPSA) is 328 Å². The van der Waals surface area contributed by atoms with Gasteiger partial charge in [-0.2, -0.15) is 0 Å². The maximum Gasteiger partial charge on any atom is 0.187 e. The highest BCUT2D eigenvalue weighted by Gasteiger charge is 2.54. The van der Waals surface area contributed by atoms with Gasteiger partial charge in [0.25, 0.3) is 0 Å². The van der Waals surface area contributed by atoms with E-state index < -0.39 is 143 Å². The zero-order valence-electron chi connectivity index (χ0n) is 23.3. The number of hydrogen-bond acceptors (Lipinski definition) is 20. The van der Waals surface area contributed by atoms with Crippen LogP contribution < -0.4 is 0 Å². The van der Waals surface area contributed by atoms with Gasteiger partial charge in [0.15, 0.2) is 25.2 Å². The summed E-state index contributed by atoms with van der Waals surface area (Å²) in [6, 6.07) is 0. The van der Waals surface area contributed by atoms with Crippen LogP contribution in [0.25, 0.3) is 0 Å². The molecular weight excluding hydrogens is 608 g/mol. The van der Waals surface area contributed by atoms with E-state index in [1.807, 2.05) is 0 Å². The van der Waals surface area contributed by atoms with Gasteiger partial charge in [0, 0.05) is 0 Å². The van der Waals surface area contributed by atoms with Crippen LogP contribution in [0.15, 0.2) is 0 Å². The van der Waals surface area contributed by atoms with Gasteiger partial charge in [-0.05, 0) is 6.92 Å². The predicted molar refractivity (Wildman–Crippen MR) is 132 cm³/mol. The van der Waals surface area contributed by atoms with E-state index in [0.29, 0.717) is 0 Å². The van der Waals surface area contributed by atoms with E-state index >= 15 is 0 Å². The van der Waals surface area contributed by atoms with Crippen molar-refractivity contribution >= 4 is 0 Å². The summed E-state index contributed by atoms with van der Waals surface area (Å²) in [7, 11) is 0. The molecule has 4 aliphatic heterocycles. The summed E-state index contributed by atoms with van der Waals surface area (Å²) in [5, 5.41) is 133. The monoisotopic (exact) mass is 650 g/mol. The fourth-order valence-corrected chi connectivity index (χ4v) is 5.49. The molecule has 0 aromatic rings. The van der Waals surface area contributed by atoms with Crippen molar-refractivity contribution in [2.75, 3.05) is 19.8 Å². The van der Waals surface area contributed by atoms with Gasteiger partial charge in [-0.1, -0.05) is 0 Å². The van der Waals surface area contributed by atoms with Crippen LogP contribution in [-0.2, 0) is 33.2 Å². The van der Waals surface area contributed by atoms with Crippen molar-refractivity contribution in [3.05, 3.63) is 0 Å². The Labute approximate surface area is 249 Å². The van der Waals surface area contributed by atoms with E-state index in [-0.39, 0.29) is 0 Å². The summed E-state index contributed by atoms with van der Waals surface area (Å²) in [6.45, 7) is -1.14. The number of aliphatic hydroxyl groups excluding tert-OH is 13. The summed E-state index contributed by atoms with van der Waals surface area (Å²) in [5.74, 6) is 0. The Morgan fingerprint density at radius 1 is 0.409 bits per heavy atom. The fraction of sp³-hybridized carbons (Fsp3) is 1.00. The van der Waals surface area contributed by atoms with Crippen LogP contribution in [0, 0.1) is 0 Å². The summed E-state index contributed by atoms with van der Waals surface area (Å²) in [5.41, 5.74) is 0. The predicted octanol–water partition coefficient (Wildman–Crippen LogP) is -8.72.